The molecule has 5 heteroatoms. The predicted molar refractivity (Wildman–Crippen MR) is 80.7 cm³/mol. The average Bonchev–Trinajstić information content (AvgIpc) is 2.71. The summed E-state index contributed by atoms with van der Waals surface area (Å²) in [5.74, 6) is 1.40. The molecule has 1 aliphatic rings. The Kier molecular flexibility index (Phi) is 3.83. The molecular weight excluding hydrogens is 328 g/mol. The highest BCUT2D eigenvalue weighted by molar-refractivity contribution is 9.10. The lowest BCUT2D eigenvalue weighted by molar-refractivity contribution is -0.0192. The minimum atomic E-state index is 0.391. The summed E-state index contributed by atoms with van der Waals surface area (Å²) in [6, 6.07) is 6.63. The summed E-state index contributed by atoms with van der Waals surface area (Å²) < 4.78 is 8.99. The van der Waals surface area contributed by atoms with Gasteiger partial charge in [-0.2, -0.15) is 0 Å². The lowest BCUT2D eigenvalue weighted by Gasteiger charge is -2.36. The first-order valence-electron chi connectivity index (χ1n) is 6.56. The van der Waals surface area contributed by atoms with E-state index >= 15 is 0 Å². The van der Waals surface area contributed by atoms with Gasteiger partial charge in [-0.1, -0.05) is 15.9 Å². The van der Waals surface area contributed by atoms with E-state index in [9.17, 15) is 0 Å². The van der Waals surface area contributed by atoms with Gasteiger partial charge in [-0.15, -0.1) is 11.6 Å². The van der Waals surface area contributed by atoms with Crippen molar-refractivity contribution in [2.45, 2.75) is 37.8 Å². The van der Waals surface area contributed by atoms with Gasteiger partial charge in [0, 0.05) is 17.1 Å². The summed E-state index contributed by atoms with van der Waals surface area (Å²) in [5, 5.41) is 0. The van der Waals surface area contributed by atoms with E-state index in [1.807, 2.05) is 19.1 Å². The van der Waals surface area contributed by atoms with Crippen LogP contribution in [0.15, 0.2) is 22.7 Å². The van der Waals surface area contributed by atoms with Crippen molar-refractivity contribution in [1.29, 1.82) is 0 Å². The molecule has 1 aromatic carbocycles. The lowest BCUT2D eigenvalue weighted by atomic mass is 9.88. The number of nitrogens with zero attached hydrogens (tertiary/aromatic N) is 2. The molecule has 1 saturated carbocycles. The summed E-state index contributed by atoms with van der Waals surface area (Å²) in [6.07, 6.45) is 2.49. The average molecular weight is 344 g/mol. The normalized spacial score (nSPS) is 22.7. The van der Waals surface area contributed by atoms with E-state index < -0.39 is 0 Å². The van der Waals surface area contributed by atoms with Gasteiger partial charge in [-0.25, -0.2) is 4.98 Å². The Morgan fingerprint density at radius 1 is 1.47 bits per heavy atom. The summed E-state index contributed by atoms with van der Waals surface area (Å²) in [6.45, 7) is 2.83. The van der Waals surface area contributed by atoms with Gasteiger partial charge in [0.15, 0.2) is 0 Å². The zero-order valence-corrected chi connectivity index (χ0v) is 13.1. The summed E-state index contributed by atoms with van der Waals surface area (Å²) in [7, 11) is 0. The van der Waals surface area contributed by atoms with Crippen molar-refractivity contribution in [2.75, 3.05) is 6.61 Å². The monoisotopic (exact) mass is 342 g/mol. The van der Waals surface area contributed by atoms with Crippen LogP contribution in [0.25, 0.3) is 11.0 Å². The minimum Gasteiger partial charge on any atom is -0.378 e. The third-order valence-electron chi connectivity index (χ3n) is 3.68. The molecule has 0 saturated heterocycles. The second-order valence-corrected chi connectivity index (χ2v) is 6.05. The number of benzene rings is 1. The molecule has 0 amide bonds. The number of hydrogen-bond acceptors (Lipinski definition) is 2. The molecule has 2 aromatic rings. The van der Waals surface area contributed by atoms with E-state index in [1.165, 1.54) is 0 Å². The van der Waals surface area contributed by atoms with Crippen molar-refractivity contribution in [3.8, 4) is 0 Å². The molecule has 3 nitrogen and oxygen atoms in total. The minimum absolute atomic E-state index is 0.391. The van der Waals surface area contributed by atoms with Gasteiger partial charge in [0.1, 0.15) is 5.82 Å². The summed E-state index contributed by atoms with van der Waals surface area (Å²) in [4.78, 5) is 4.62. The van der Waals surface area contributed by atoms with Gasteiger partial charge in [-0.3, -0.25) is 0 Å². The van der Waals surface area contributed by atoms with Gasteiger partial charge in [-0.05, 0) is 38.0 Å². The highest BCUT2D eigenvalue weighted by atomic mass is 79.9. The molecule has 0 radical (unpaired) electrons. The van der Waals surface area contributed by atoms with Gasteiger partial charge in [0.2, 0.25) is 0 Å². The molecule has 102 valence electrons. The fourth-order valence-electron chi connectivity index (χ4n) is 2.74. The zero-order valence-electron chi connectivity index (χ0n) is 10.8. The van der Waals surface area contributed by atoms with Crippen LogP contribution in [-0.4, -0.2) is 22.3 Å². The molecule has 1 fully saturated rings. The molecule has 0 N–H and O–H groups in total. The maximum Gasteiger partial charge on any atom is 0.125 e. The number of hydrogen-bond donors (Lipinski definition) is 0. The Morgan fingerprint density at radius 2 is 2.26 bits per heavy atom. The van der Waals surface area contributed by atoms with E-state index in [0.29, 0.717) is 18.0 Å². The number of fused-ring (bicyclic) bond motifs is 1. The van der Waals surface area contributed by atoms with Crippen molar-refractivity contribution < 1.29 is 4.74 Å². The number of ether oxygens (including phenoxy) is 1. The molecule has 1 aliphatic carbocycles. The number of imidazole rings is 1. The topological polar surface area (TPSA) is 27.1 Å². The number of alkyl halides is 1. The van der Waals surface area contributed by atoms with Crippen molar-refractivity contribution in [3.63, 3.8) is 0 Å². The SMILES string of the molecule is CCOC1CC(n2c(CCl)nc3ccc(Br)cc32)C1. The Hall–Kier alpha value is -0.580. The van der Waals surface area contributed by atoms with Crippen molar-refractivity contribution >= 4 is 38.6 Å². The highest BCUT2D eigenvalue weighted by Gasteiger charge is 2.33. The highest BCUT2D eigenvalue weighted by Crippen LogP contribution is 2.38. The van der Waals surface area contributed by atoms with Gasteiger partial charge in [0.25, 0.3) is 0 Å². The fourth-order valence-corrected chi connectivity index (χ4v) is 3.28. The third kappa shape index (κ3) is 2.41. The van der Waals surface area contributed by atoms with Gasteiger partial charge < -0.3 is 9.30 Å². The predicted octanol–water partition coefficient (Wildman–Crippen LogP) is 4.28. The standard InChI is InChI=1S/C14H16BrClN2O/c1-2-19-11-6-10(7-11)18-13-5-9(15)3-4-12(13)17-14(18)8-16/h3-5,10-11H,2,6-8H2,1H3. The van der Waals surface area contributed by atoms with Crippen molar-refractivity contribution in [1.82, 2.24) is 9.55 Å². The van der Waals surface area contributed by atoms with E-state index in [2.05, 4.69) is 31.5 Å². The fraction of sp³-hybridized carbons (Fsp3) is 0.500. The maximum absolute atomic E-state index is 6.04. The van der Waals surface area contributed by atoms with Crippen LogP contribution in [0.2, 0.25) is 0 Å². The lowest BCUT2D eigenvalue weighted by Crippen LogP contribution is -2.34. The molecule has 0 atom stereocenters. The largest absolute Gasteiger partial charge is 0.378 e. The first kappa shape index (κ1) is 13.4. The second-order valence-electron chi connectivity index (χ2n) is 4.87. The molecule has 3 rings (SSSR count). The van der Waals surface area contributed by atoms with Crippen LogP contribution in [0.4, 0.5) is 0 Å². The molecule has 0 bridgehead atoms. The molecule has 0 unspecified atom stereocenters. The first-order valence-corrected chi connectivity index (χ1v) is 7.89. The van der Waals surface area contributed by atoms with Crippen LogP contribution < -0.4 is 0 Å². The molecule has 0 spiro atoms. The van der Waals surface area contributed by atoms with Crippen LogP contribution in [0, 0.1) is 0 Å². The number of aromatic nitrogens is 2. The van der Waals surface area contributed by atoms with Gasteiger partial charge in [0.05, 0.1) is 23.0 Å². The Morgan fingerprint density at radius 3 is 2.95 bits per heavy atom. The van der Waals surface area contributed by atoms with Crippen molar-refractivity contribution in [2.24, 2.45) is 0 Å². The van der Waals surface area contributed by atoms with Crippen LogP contribution >= 0.6 is 27.5 Å². The van der Waals surface area contributed by atoms with Crippen LogP contribution in [0.1, 0.15) is 31.6 Å². The van der Waals surface area contributed by atoms with Crippen LogP contribution in [0.5, 0.6) is 0 Å². The van der Waals surface area contributed by atoms with Gasteiger partial charge >= 0.3 is 0 Å². The Labute approximate surface area is 126 Å². The molecule has 1 aromatic heterocycles. The molecule has 19 heavy (non-hydrogen) atoms. The van der Waals surface area contributed by atoms with Crippen LogP contribution in [-0.2, 0) is 10.6 Å². The molecule has 1 heterocycles. The second kappa shape index (κ2) is 5.43. The Balaban J connectivity index is 1.95. The summed E-state index contributed by atoms with van der Waals surface area (Å²) in [5.41, 5.74) is 2.17. The smallest absolute Gasteiger partial charge is 0.125 e. The van der Waals surface area contributed by atoms with Crippen molar-refractivity contribution in [3.05, 3.63) is 28.5 Å². The maximum atomic E-state index is 6.04. The number of halogens is 2. The number of rotatable bonds is 4. The first-order chi connectivity index (χ1) is 9.22. The van der Waals surface area contributed by atoms with Crippen LogP contribution in [0.3, 0.4) is 0 Å². The zero-order chi connectivity index (χ0) is 13.4. The van der Waals surface area contributed by atoms with E-state index in [4.69, 9.17) is 16.3 Å². The molecular formula is C14H16BrClN2O. The molecule has 0 aliphatic heterocycles. The summed E-state index contributed by atoms with van der Waals surface area (Å²) >= 11 is 9.56. The quantitative estimate of drug-likeness (QED) is 0.775. The Bertz CT molecular complexity index is 592. The third-order valence-corrected chi connectivity index (χ3v) is 4.41. The van der Waals surface area contributed by atoms with E-state index in [0.717, 1.165) is 40.8 Å². The van der Waals surface area contributed by atoms with E-state index in [1.54, 1.807) is 0 Å². The van der Waals surface area contributed by atoms with E-state index in [-0.39, 0.29) is 0 Å².